The van der Waals surface area contributed by atoms with Gasteiger partial charge in [-0.25, -0.2) is 8.42 Å². The van der Waals surface area contributed by atoms with E-state index in [9.17, 15) is 13.2 Å². The van der Waals surface area contributed by atoms with Crippen molar-refractivity contribution < 1.29 is 13.2 Å². The largest absolute Gasteiger partial charge is 0.349 e. The Labute approximate surface area is 113 Å². The van der Waals surface area contributed by atoms with E-state index in [1.54, 1.807) is 24.3 Å². The van der Waals surface area contributed by atoms with Gasteiger partial charge in [-0.1, -0.05) is 17.7 Å². The molecule has 1 aliphatic heterocycles. The first-order chi connectivity index (χ1) is 8.90. The predicted octanol–water partition coefficient (Wildman–Crippen LogP) is 1.61. The van der Waals surface area contributed by atoms with E-state index in [2.05, 4.69) is 5.32 Å². The van der Waals surface area contributed by atoms with E-state index < -0.39 is 9.84 Å². The van der Waals surface area contributed by atoms with E-state index in [1.807, 2.05) is 13.8 Å². The molecule has 1 heterocycles. The number of carbonyl (C=O) groups is 1. The number of rotatable bonds is 4. The van der Waals surface area contributed by atoms with Crippen molar-refractivity contribution in [1.29, 1.82) is 0 Å². The molecule has 0 spiro atoms. The minimum Gasteiger partial charge on any atom is -0.349 e. The molecule has 0 unspecified atom stereocenters. The van der Waals surface area contributed by atoms with Gasteiger partial charge in [-0.05, 0) is 38.0 Å². The molecule has 102 valence electrons. The molecule has 0 saturated carbocycles. The fourth-order valence-electron chi connectivity index (χ4n) is 2.05. The average molecular weight is 279 g/mol. The number of hydrogen-bond donors (Lipinski definition) is 1. The molecule has 1 aromatic carbocycles. The fraction of sp³-hybridized carbons (Fsp3) is 0.357. The first-order valence-electron chi connectivity index (χ1n) is 6.16. The lowest BCUT2D eigenvalue weighted by Gasteiger charge is -2.05. The van der Waals surface area contributed by atoms with Crippen LogP contribution in [0.25, 0.3) is 0 Å². The summed E-state index contributed by atoms with van der Waals surface area (Å²) in [6.45, 7) is 4.29. The molecule has 5 heteroatoms. The number of nitrogens with one attached hydrogen (secondary N) is 1. The van der Waals surface area contributed by atoms with Crippen molar-refractivity contribution >= 4 is 15.7 Å². The maximum absolute atomic E-state index is 12.2. The van der Waals surface area contributed by atoms with E-state index in [-0.39, 0.29) is 18.1 Å². The first kappa shape index (κ1) is 13.8. The van der Waals surface area contributed by atoms with Gasteiger partial charge in [-0.3, -0.25) is 4.79 Å². The third kappa shape index (κ3) is 3.04. The summed E-state index contributed by atoms with van der Waals surface area (Å²) in [7, 11) is -3.33. The van der Waals surface area contributed by atoms with Crippen molar-refractivity contribution in [1.82, 2.24) is 5.32 Å². The summed E-state index contributed by atoms with van der Waals surface area (Å²) in [4.78, 5) is 11.8. The second-order valence-corrected chi connectivity index (χ2v) is 6.93. The van der Waals surface area contributed by atoms with E-state index in [0.717, 1.165) is 11.1 Å². The Balaban J connectivity index is 2.12. The van der Waals surface area contributed by atoms with Crippen LogP contribution in [0.2, 0.25) is 0 Å². The Morgan fingerprint density at radius 2 is 1.79 bits per heavy atom. The number of benzene rings is 1. The van der Waals surface area contributed by atoms with Gasteiger partial charge in [0.25, 0.3) is 0 Å². The van der Waals surface area contributed by atoms with Crippen LogP contribution in [0.4, 0.5) is 0 Å². The van der Waals surface area contributed by atoms with Gasteiger partial charge in [0, 0.05) is 12.1 Å². The van der Waals surface area contributed by atoms with E-state index in [4.69, 9.17) is 0 Å². The van der Waals surface area contributed by atoms with Gasteiger partial charge in [-0.2, -0.15) is 0 Å². The van der Waals surface area contributed by atoms with Crippen LogP contribution in [0.3, 0.4) is 0 Å². The van der Waals surface area contributed by atoms with Crippen LogP contribution in [-0.4, -0.2) is 26.6 Å². The Kier molecular flexibility index (Phi) is 3.75. The monoisotopic (exact) mass is 279 g/mol. The number of aryl methyl sites for hydroxylation is 1. The highest BCUT2D eigenvalue weighted by atomic mass is 32.2. The van der Waals surface area contributed by atoms with Crippen LogP contribution < -0.4 is 5.32 Å². The molecule has 0 radical (unpaired) electrons. The van der Waals surface area contributed by atoms with Gasteiger partial charge < -0.3 is 5.32 Å². The number of hydrogen-bond acceptors (Lipinski definition) is 3. The summed E-state index contributed by atoms with van der Waals surface area (Å²) in [6.07, 6.45) is 0.272. The van der Waals surface area contributed by atoms with Crippen LogP contribution >= 0.6 is 0 Å². The van der Waals surface area contributed by atoms with Gasteiger partial charge in [0.15, 0.2) is 9.84 Å². The lowest BCUT2D eigenvalue weighted by atomic mass is 10.1. The van der Waals surface area contributed by atoms with Crippen LogP contribution in [0.1, 0.15) is 18.9 Å². The van der Waals surface area contributed by atoms with Gasteiger partial charge >= 0.3 is 0 Å². The average Bonchev–Trinajstić information content (AvgIpc) is 2.67. The van der Waals surface area contributed by atoms with Crippen LogP contribution in [-0.2, 0) is 14.6 Å². The molecule has 19 heavy (non-hydrogen) atoms. The lowest BCUT2D eigenvalue weighted by molar-refractivity contribution is -0.116. The molecule has 0 atom stereocenters. The van der Waals surface area contributed by atoms with Gasteiger partial charge in [-0.15, -0.1) is 0 Å². The first-order valence-corrected chi connectivity index (χ1v) is 7.81. The topological polar surface area (TPSA) is 63.2 Å². The normalized spacial score (nSPS) is 15.8. The molecule has 1 aromatic rings. The van der Waals surface area contributed by atoms with Gasteiger partial charge in [0.1, 0.15) is 0 Å². The number of sulfone groups is 1. The lowest BCUT2D eigenvalue weighted by Crippen LogP contribution is -2.18. The molecule has 0 aromatic heterocycles. The highest BCUT2D eigenvalue weighted by Gasteiger charge is 2.22. The molecular weight excluding hydrogens is 262 g/mol. The molecular formula is C14H17NO3S. The van der Waals surface area contributed by atoms with E-state index >= 15 is 0 Å². The highest BCUT2D eigenvalue weighted by Crippen LogP contribution is 2.19. The predicted molar refractivity (Wildman–Crippen MR) is 73.6 cm³/mol. The smallest absolute Gasteiger partial charge is 0.247 e. The molecule has 4 nitrogen and oxygen atoms in total. The minimum absolute atomic E-state index is 0.0316. The molecule has 1 aliphatic rings. The van der Waals surface area contributed by atoms with Gasteiger partial charge in [0.2, 0.25) is 5.91 Å². The second kappa shape index (κ2) is 5.17. The third-order valence-electron chi connectivity index (χ3n) is 3.30. The molecule has 0 bridgehead atoms. The zero-order chi connectivity index (χ0) is 14.0. The molecule has 1 amide bonds. The van der Waals surface area contributed by atoms with Crippen molar-refractivity contribution in [2.45, 2.75) is 25.2 Å². The Morgan fingerprint density at radius 3 is 2.32 bits per heavy atom. The van der Waals surface area contributed by atoms with Crippen LogP contribution in [0.15, 0.2) is 40.3 Å². The molecule has 0 aliphatic carbocycles. The number of carbonyl (C=O) groups excluding carboxylic acids is 1. The van der Waals surface area contributed by atoms with E-state index in [0.29, 0.717) is 17.0 Å². The second-order valence-electron chi connectivity index (χ2n) is 4.82. The highest BCUT2D eigenvalue weighted by molar-refractivity contribution is 7.91. The number of amides is 1. The summed E-state index contributed by atoms with van der Waals surface area (Å²) in [5.74, 6) is -0.174. The zero-order valence-corrected chi connectivity index (χ0v) is 11.9. The third-order valence-corrected chi connectivity index (χ3v) is 5.04. The maximum Gasteiger partial charge on any atom is 0.247 e. The molecule has 0 saturated heterocycles. The van der Waals surface area contributed by atoms with Crippen molar-refractivity contribution in [2.75, 3.05) is 12.3 Å². The minimum atomic E-state index is -3.33. The summed E-state index contributed by atoms with van der Waals surface area (Å²) in [5.41, 5.74) is 2.56. The van der Waals surface area contributed by atoms with Crippen LogP contribution in [0.5, 0.6) is 0 Å². The van der Waals surface area contributed by atoms with Crippen molar-refractivity contribution in [3.8, 4) is 0 Å². The summed E-state index contributed by atoms with van der Waals surface area (Å²) in [6, 6.07) is 6.78. The Hall–Kier alpha value is -1.62. The summed E-state index contributed by atoms with van der Waals surface area (Å²) < 4.78 is 24.3. The fourth-order valence-corrected chi connectivity index (χ4v) is 3.31. The van der Waals surface area contributed by atoms with Crippen molar-refractivity contribution in [3.63, 3.8) is 0 Å². The Bertz CT molecular complexity index is 627. The van der Waals surface area contributed by atoms with Gasteiger partial charge in [0.05, 0.1) is 10.6 Å². The molecule has 2 rings (SSSR count). The SMILES string of the molecule is CC1=C(CCS(=O)(=O)c2ccc(C)cc2)C(=O)NC1. The summed E-state index contributed by atoms with van der Waals surface area (Å²) in [5, 5.41) is 2.70. The zero-order valence-electron chi connectivity index (χ0n) is 11.1. The standard InChI is InChI=1S/C14H17NO3S/c1-10-3-5-12(6-4-10)19(17,18)8-7-13-11(2)9-15-14(13)16/h3-6H,7-9H2,1-2H3,(H,15,16). The quantitative estimate of drug-likeness (QED) is 0.910. The van der Waals surface area contributed by atoms with Crippen LogP contribution in [0, 0.1) is 6.92 Å². The molecule has 0 fully saturated rings. The summed E-state index contributed by atoms with van der Waals surface area (Å²) >= 11 is 0. The van der Waals surface area contributed by atoms with Crippen molar-refractivity contribution in [3.05, 3.63) is 41.0 Å². The maximum atomic E-state index is 12.2. The van der Waals surface area contributed by atoms with E-state index in [1.165, 1.54) is 0 Å². The molecule has 1 N–H and O–H groups in total. The van der Waals surface area contributed by atoms with Crippen molar-refractivity contribution in [2.24, 2.45) is 0 Å². The Morgan fingerprint density at radius 1 is 1.16 bits per heavy atom.